The molecule has 1 saturated heterocycles. The Kier molecular flexibility index (Phi) is 3.90. The second-order valence-corrected chi connectivity index (χ2v) is 8.06. The first kappa shape index (κ1) is 17.2. The Morgan fingerprint density at radius 2 is 1.58 bits per heavy atom. The molecule has 0 saturated carbocycles. The van der Waals surface area contributed by atoms with Crippen LogP contribution in [0.15, 0.2) is 48.5 Å². The average Bonchev–Trinajstić information content (AvgIpc) is 3.07. The summed E-state index contributed by atoms with van der Waals surface area (Å²) in [5, 5.41) is 4.64. The molecule has 0 radical (unpaired) electrons. The van der Waals surface area contributed by atoms with Gasteiger partial charge in [0.2, 0.25) is 0 Å². The van der Waals surface area contributed by atoms with Crippen molar-refractivity contribution in [2.45, 2.75) is 45.8 Å². The van der Waals surface area contributed by atoms with E-state index in [1.165, 1.54) is 16.5 Å². The van der Waals surface area contributed by atoms with Crippen LogP contribution in [-0.4, -0.2) is 23.3 Å². The summed E-state index contributed by atoms with van der Waals surface area (Å²) in [6.07, 6.45) is 0. The van der Waals surface area contributed by atoms with Crippen LogP contribution in [-0.2, 0) is 9.31 Å². The van der Waals surface area contributed by atoms with E-state index in [4.69, 9.17) is 9.31 Å². The minimum absolute atomic E-state index is 0.323. The summed E-state index contributed by atoms with van der Waals surface area (Å²) >= 11 is 0. The Hall–Kier alpha value is -2.24. The molecule has 2 aromatic carbocycles. The lowest BCUT2D eigenvalue weighted by Gasteiger charge is -2.32. The zero-order valence-corrected chi connectivity index (χ0v) is 16.0. The number of aryl methyl sites for hydroxylation is 1. The van der Waals surface area contributed by atoms with Gasteiger partial charge in [0.1, 0.15) is 5.82 Å². The van der Waals surface area contributed by atoms with Crippen molar-refractivity contribution in [2.75, 3.05) is 5.32 Å². The highest BCUT2D eigenvalue weighted by molar-refractivity contribution is 6.62. The van der Waals surface area contributed by atoms with Gasteiger partial charge in [-0.1, -0.05) is 30.3 Å². The molecule has 134 valence electrons. The van der Waals surface area contributed by atoms with Gasteiger partial charge in [-0.25, -0.2) is 0 Å². The zero-order valence-electron chi connectivity index (χ0n) is 16.0. The Balaban J connectivity index is 1.52. The fraction of sp³-hybridized carbons (Fsp3) is 0.333. The van der Waals surface area contributed by atoms with Gasteiger partial charge in [-0.3, -0.25) is 0 Å². The minimum atomic E-state index is -0.329. The van der Waals surface area contributed by atoms with Crippen LogP contribution in [0.2, 0.25) is 0 Å². The van der Waals surface area contributed by atoms with Gasteiger partial charge in [0.25, 0.3) is 0 Å². The molecule has 1 aliphatic rings. The number of fused-ring (bicyclic) bond motifs is 1. The standard InChI is InChI=1S/C21H25BN2O2/c1-14-7-6-8-15-13-18(24-19(14)15)23-17-11-9-16(10-12-17)22-25-20(2,3)21(4,5)26-22/h6-13,23-24H,1-5H3. The third-order valence-corrected chi connectivity index (χ3v) is 5.58. The number of hydrogen-bond donors (Lipinski definition) is 2. The van der Waals surface area contributed by atoms with Crippen molar-refractivity contribution in [1.82, 2.24) is 4.98 Å². The van der Waals surface area contributed by atoms with Gasteiger partial charge >= 0.3 is 7.12 Å². The van der Waals surface area contributed by atoms with Crippen LogP contribution < -0.4 is 10.8 Å². The summed E-state index contributed by atoms with van der Waals surface area (Å²) in [5.74, 6) is 0.984. The van der Waals surface area contributed by atoms with Crippen LogP contribution in [0.4, 0.5) is 11.5 Å². The highest BCUT2D eigenvalue weighted by Gasteiger charge is 2.51. The molecule has 0 unspecified atom stereocenters. The lowest BCUT2D eigenvalue weighted by Crippen LogP contribution is -2.41. The maximum Gasteiger partial charge on any atom is 0.494 e. The second-order valence-electron chi connectivity index (χ2n) is 8.06. The molecule has 1 aliphatic heterocycles. The van der Waals surface area contributed by atoms with Crippen LogP contribution >= 0.6 is 0 Å². The molecule has 2 N–H and O–H groups in total. The molecular formula is C21H25BN2O2. The summed E-state index contributed by atoms with van der Waals surface area (Å²) in [6.45, 7) is 10.4. The molecule has 3 aromatic rings. The smallest absolute Gasteiger partial charge is 0.399 e. The van der Waals surface area contributed by atoms with E-state index >= 15 is 0 Å². The van der Waals surface area contributed by atoms with E-state index in [1.54, 1.807) is 0 Å². The van der Waals surface area contributed by atoms with E-state index in [0.29, 0.717) is 0 Å². The average molecular weight is 348 g/mol. The lowest BCUT2D eigenvalue weighted by atomic mass is 9.79. The van der Waals surface area contributed by atoms with Crippen LogP contribution in [0.25, 0.3) is 10.9 Å². The summed E-state index contributed by atoms with van der Waals surface area (Å²) < 4.78 is 12.2. The van der Waals surface area contributed by atoms with Crippen LogP contribution in [0.1, 0.15) is 33.3 Å². The van der Waals surface area contributed by atoms with Gasteiger partial charge in [-0.2, -0.15) is 0 Å². The second kappa shape index (κ2) is 5.90. The van der Waals surface area contributed by atoms with Crippen LogP contribution in [0.5, 0.6) is 0 Å². The van der Waals surface area contributed by atoms with Gasteiger partial charge < -0.3 is 19.6 Å². The molecule has 1 aromatic heterocycles. The van der Waals surface area contributed by atoms with Gasteiger partial charge in [0.05, 0.1) is 11.2 Å². The van der Waals surface area contributed by atoms with Crippen molar-refractivity contribution >= 4 is 35.0 Å². The van der Waals surface area contributed by atoms with E-state index in [1.807, 2.05) is 0 Å². The maximum atomic E-state index is 6.11. The normalized spacial score (nSPS) is 18.4. The molecule has 0 bridgehead atoms. The minimum Gasteiger partial charge on any atom is -0.399 e. The highest BCUT2D eigenvalue weighted by atomic mass is 16.7. The van der Waals surface area contributed by atoms with E-state index in [2.05, 4.69) is 93.5 Å². The van der Waals surface area contributed by atoms with Crippen molar-refractivity contribution in [3.8, 4) is 0 Å². The van der Waals surface area contributed by atoms with Gasteiger partial charge in [-0.15, -0.1) is 0 Å². The van der Waals surface area contributed by atoms with Crippen molar-refractivity contribution in [2.24, 2.45) is 0 Å². The first-order chi connectivity index (χ1) is 12.2. The first-order valence-electron chi connectivity index (χ1n) is 9.06. The van der Waals surface area contributed by atoms with Gasteiger partial charge in [0.15, 0.2) is 0 Å². The molecule has 1 fully saturated rings. The Morgan fingerprint density at radius 3 is 2.19 bits per heavy atom. The number of rotatable bonds is 3. The van der Waals surface area contributed by atoms with Crippen LogP contribution in [0, 0.1) is 6.92 Å². The molecule has 26 heavy (non-hydrogen) atoms. The quantitative estimate of drug-likeness (QED) is 0.684. The summed E-state index contributed by atoms with van der Waals surface area (Å²) in [5.41, 5.74) is 3.82. The number of hydrogen-bond acceptors (Lipinski definition) is 3. The summed E-state index contributed by atoms with van der Waals surface area (Å²) in [6, 6.07) is 16.7. The molecule has 2 heterocycles. The lowest BCUT2D eigenvalue weighted by molar-refractivity contribution is 0.00578. The molecule has 4 nitrogen and oxygen atoms in total. The van der Waals surface area contributed by atoms with Gasteiger partial charge in [0, 0.05) is 16.6 Å². The van der Waals surface area contributed by atoms with E-state index in [9.17, 15) is 0 Å². The predicted molar refractivity (Wildman–Crippen MR) is 108 cm³/mol. The molecule has 5 heteroatoms. The van der Waals surface area contributed by atoms with E-state index in [0.717, 1.165) is 17.0 Å². The van der Waals surface area contributed by atoms with E-state index in [-0.39, 0.29) is 18.3 Å². The molecule has 0 aliphatic carbocycles. The number of nitrogens with one attached hydrogen (secondary N) is 2. The topological polar surface area (TPSA) is 46.3 Å². The zero-order chi connectivity index (χ0) is 18.5. The largest absolute Gasteiger partial charge is 0.494 e. The molecule has 4 rings (SSSR count). The summed E-state index contributed by atoms with van der Waals surface area (Å²) in [4.78, 5) is 3.44. The maximum absolute atomic E-state index is 6.11. The predicted octanol–water partition coefficient (Wildman–Crippen LogP) is 4.52. The Labute approximate surface area is 155 Å². The fourth-order valence-electron chi connectivity index (χ4n) is 3.23. The monoisotopic (exact) mass is 348 g/mol. The molecular weight excluding hydrogens is 323 g/mol. The molecule has 0 spiro atoms. The number of anilines is 2. The Morgan fingerprint density at radius 1 is 0.923 bits per heavy atom. The molecule has 0 atom stereocenters. The number of benzene rings is 2. The van der Waals surface area contributed by atoms with Crippen molar-refractivity contribution in [3.63, 3.8) is 0 Å². The fourth-order valence-corrected chi connectivity index (χ4v) is 3.23. The number of aromatic nitrogens is 1. The third kappa shape index (κ3) is 2.91. The Bertz CT molecular complexity index is 928. The summed E-state index contributed by atoms with van der Waals surface area (Å²) in [7, 11) is -0.329. The number of para-hydroxylation sites is 1. The number of aromatic amines is 1. The third-order valence-electron chi connectivity index (χ3n) is 5.58. The number of H-pyrrole nitrogens is 1. The van der Waals surface area contributed by atoms with Crippen molar-refractivity contribution < 1.29 is 9.31 Å². The SMILES string of the molecule is Cc1cccc2cc(Nc3ccc(B4OC(C)(C)C(C)(C)O4)cc3)[nH]c12. The first-order valence-corrected chi connectivity index (χ1v) is 9.06. The van der Waals surface area contributed by atoms with E-state index < -0.39 is 0 Å². The van der Waals surface area contributed by atoms with Crippen molar-refractivity contribution in [3.05, 3.63) is 54.1 Å². The van der Waals surface area contributed by atoms with Crippen LogP contribution in [0.3, 0.4) is 0 Å². The van der Waals surface area contributed by atoms with Gasteiger partial charge in [-0.05, 0) is 63.8 Å². The molecule has 0 amide bonds. The highest BCUT2D eigenvalue weighted by Crippen LogP contribution is 2.36. The van der Waals surface area contributed by atoms with Crippen molar-refractivity contribution in [1.29, 1.82) is 0 Å².